The first-order valence-electron chi connectivity index (χ1n) is 3.57. The second-order valence-electron chi connectivity index (χ2n) is 2.60. The third-order valence-electron chi connectivity index (χ3n) is 1.56. The summed E-state index contributed by atoms with van der Waals surface area (Å²) in [6.45, 7) is 3.70. The molecule has 1 rings (SSSR count). The number of rotatable bonds is 1. The highest BCUT2D eigenvalue weighted by Crippen LogP contribution is 2.37. The molecule has 0 aliphatic carbocycles. The molecule has 0 fully saturated rings. The highest BCUT2D eigenvalue weighted by atomic mass is 79.9. The first kappa shape index (κ1) is 11.5. The van der Waals surface area contributed by atoms with Crippen LogP contribution in [0.3, 0.4) is 0 Å². The van der Waals surface area contributed by atoms with Crippen molar-refractivity contribution in [2.45, 2.75) is 18.7 Å². The fourth-order valence-electron chi connectivity index (χ4n) is 0.963. The maximum absolute atomic E-state index is 11.3. The molecule has 0 N–H and O–H groups in total. The minimum atomic E-state index is -0.301. The Bertz CT molecular complexity index is 311. The van der Waals surface area contributed by atoms with Crippen LogP contribution in [0.4, 0.5) is 0 Å². The highest BCUT2D eigenvalue weighted by molar-refractivity contribution is 9.12. The van der Waals surface area contributed by atoms with Gasteiger partial charge in [0.2, 0.25) is 0 Å². The Hall–Kier alpha value is 0.390. The van der Waals surface area contributed by atoms with E-state index in [1.165, 1.54) is 0 Å². The third kappa shape index (κ3) is 2.25. The molecule has 0 aromatic carbocycles. The zero-order valence-electron chi connectivity index (χ0n) is 7.03. The summed E-state index contributed by atoms with van der Waals surface area (Å²) in [6.07, 6.45) is 0. The Labute approximate surface area is 102 Å². The van der Waals surface area contributed by atoms with Gasteiger partial charge in [-0.25, -0.2) is 4.79 Å². The number of halogens is 3. The van der Waals surface area contributed by atoms with Crippen LogP contribution in [-0.2, 0) is 9.53 Å². The molecule has 1 unspecified atom stereocenters. The molecule has 0 aromatic rings. The summed E-state index contributed by atoms with van der Waals surface area (Å²) in [7, 11) is 0. The predicted molar refractivity (Wildman–Crippen MR) is 62.1 cm³/mol. The van der Waals surface area contributed by atoms with Gasteiger partial charge in [-0.15, -0.1) is 0 Å². The lowest BCUT2D eigenvalue weighted by Gasteiger charge is -1.98. The number of carbonyl (C=O) groups is 1. The first-order chi connectivity index (χ1) is 5.95. The molecule has 0 amide bonds. The van der Waals surface area contributed by atoms with Crippen molar-refractivity contribution in [1.82, 2.24) is 0 Å². The predicted octanol–water partition coefficient (Wildman–Crippen LogP) is 3.60. The molecule has 0 saturated heterocycles. The van der Waals surface area contributed by atoms with Crippen LogP contribution in [0.5, 0.6) is 0 Å². The average molecular weight is 375 g/mol. The number of ether oxygens (including phenoxy) is 1. The van der Waals surface area contributed by atoms with Gasteiger partial charge in [-0.3, -0.25) is 0 Å². The molecule has 0 bridgehead atoms. The molecular formula is C8H7Br3O2. The molecule has 2 nitrogen and oxygen atoms in total. The van der Waals surface area contributed by atoms with Gasteiger partial charge in [0.15, 0.2) is 5.76 Å². The monoisotopic (exact) mass is 372 g/mol. The van der Waals surface area contributed by atoms with Gasteiger partial charge in [-0.05, 0) is 29.8 Å². The van der Waals surface area contributed by atoms with Crippen molar-refractivity contribution in [3.63, 3.8) is 0 Å². The fraction of sp³-hybridized carbons (Fsp3) is 0.375. The van der Waals surface area contributed by atoms with E-state index in [0.717, 1.165) is 8.96 Å². The first-order valence-corrected chi connectivity index (χ1v) is 6.08. The molecule has 1 aliphatic heterocycles. The van der Waals surface area contributed by atoms with Crippen molar-refractivity contribution < 1.29 is 9.53 Å². The van der Waals surface area contributed by atoms with Gasteiger partial charge in [-0.1, -0.05) is 31.9 Å². The van der Waals surface area contributed by atoms with Gasteiger partial charge >= 0.3 is 5.97 Å². The number of hydrogen-bond donors (Lipinski definition) is 0. The summed E-state index contributed by atoms with van der Waals surface area (Å²) in [4.78, 5) is 11.3. The number of esters is 1. The van der Waals surface area contributed by atoms with E-state index in [9.17, 15) is 4.79 Å². The SMILES string of the molecule is C/C(Br)=C1/OC(=O)C(C(C)Br)=C1Br. The minimum absolute atomic E-state index is 0.0151. The van der Waals surface area contributed by atoms with Crippen LogP contribution in [0.2, 0.25) is 0 Å². The number of allylic oxidation sites excluding steroid dienone is 2. The molecule has 13 heavy (non-hydrogen) atoms. The maximum Gasteiger partial charge on any atom is 0.341 e. The van der Waals surface area contributed by atoms with E-state index < -0.39 is 0 Å². The van der Waals surface area contributed by atoms with E-state index in [2.05, 4.69) is 47.8 Å². The zero-order valence-corrected chi connectivity index (χ0v) is 11.8. The van der Waals surface area contributed by atoms with Crippen molar-refractivity contribution in [3.05, 3.63) is 20.3 Å². The van der Waals surface area contributed by atoms with Crippen molar-refractivity contribution in [2.24, 2.45) is 0 Å². The Kier molecular flexibility index (Phi) is 3.77. The van der Waals surface area contributed by atoms with Crippen LogP contribution in [0.15, 0.2) is 20.3 Å². The van der Waals surface area contributed by atoms with Crippen LogP contribution >= 0.6 is 47.8 Å². The quantitative estimate of drug-likeness (QED) is 0.518. The normalized spacial score (nSPS) is 23.3. The summed E-state index contributed by atoms with van der Waals surface area (Å²) in [5, 5.41) is 0. The van der Waals surface area contributed by atoms with E-state index in [-0.39, 0.29) is 10.8 Å². The summed E-state index contributed by atoms with van der Waals surface area (Å²) in [5.41, 5.74) is 0.619. The highest BCUT2D eigenvalue weighted by Gasteiger charge is 2.31. The van der Waals surface area contributed by atoms with Gasteiger partial charge in [0.1, 0.15) is 0 Å². The van der Waals surface area contributed by atoms with Crippen LogP contribution < -0.4 is 0 Å². The van der Waals surface area contributed by atoms with Crippen molar-refractivity contribution in [3.8, 4) is 0 Å². The zero-order chi connectivity index (χ0) is 10.2. The average Bonchev–Trinajstić information content (AvgIpc) is 2.26. The summed E-state index contributed by atoms with van der Waals surface area (Å²) >= 11 is 9.93. The van der Waals surface area contributed by atoms with Crippen molar-refractivity contribution in [1.29, 1.82) is 0 Å². The maximum atomic E-state index is 11.3. The molecule has 1 heterocycles. The minimum Gasteiger partial charge on any atom is -0.421 e. The third-order valence-corrected chi connectivity index (χ3v) is 3.17. The van der Waals surface area contributed by atoms with E-state index in [1.807, 2.05) is 13.8 Å². The molecule has 0 saturated carbocycles. The van der Waals surface area contributed by atoms with Crippen molar-refractivity contribution >= 4 is 53.8 Å². The van der Waals surface area contributed by atoms with Gasteiger partial charge < -0.3 is 4.74 Å². The summed E-state index contributed by atoms with van der Waals surface area (Å²) in [6, 6.07) is 0. The number of hydrogen-bond acceptors (Lipinski definition) is 2. The molecule has 0 radical (unpaired) electrons. The number of cyclic esters (lactones) is 1. The lowest BCUT2D eigenvalue weighted by atomic mass is 10.2. The lowest BCUT2D eigenvalue weighted by molar-refractivity contribution is -0.133. The van der Waals surface area contributed by atoms with E-state index in [0.29, 0.717) is 11.3 Å². The summed E-state index contributed by atoms with van der Waals surface area (Å²) < 4.78 is 6.57. The van der Waals surface area contributed by atoms with Crippen LogP contribution in [0, 0.1) is 0 Å². The Morgan fingerprint density at radius 1 is 1.54 bits per heavy atom. The van der Waals surface area contributed by atoms with Crippen LogP contribution in [-0.4, -0.2) is 10.8 Å². The largest absolute Gasteiger partial charge is 0.421 e. The van der Waals surface area contributed by atoms with Gasteiger partial charge in [0, 0.05) is 9.31 Å². The smallest absolute Gasteiger partial charge is 0.341 e. The molecular weight excluding hydrogens is 368 g/mol. The van der Waals surface area contributed by atoms with Gasteiger partial charge in [-0.2, -0.15) is 0 Å². The van der Waals surface area contributed by atoms with Crippen LogP contribution in [0.25, 0.3) is 0 Å². The van der Waals surface area contributed by atoms with E-state index >= 15 is 0 Å². The van der Waals surface area contributed by atoms with E-state index in [1.54, 1.807) is 0 Å². The Morgan fingerprint density at radius 2 is 2.08 bits per heavy atom. The molecule has 0 spiro atoms. The van der Waals surface area contributed by atoms with Gasteiger partial charge in [0.05, 0.1) is 10.1 Å². The standard InChI is InChI=1S/C8H7Br3O2/c1-3(9)5-6(11)7(4(2)10)13-8(5)12/h3H,1-2H3/b7-4-. The fourth-order valence-corrected chi connectivity index (χ4v) is 3.11. The Balaban J connectivity index is 3.20. The topological polar surface area (TPSA) is 26.3 Å². The second-order valence-corrected chi connectivity index (χ2v) is 5.95. The molecule has 1 atom stereocenters. The Morgan fingerprint density at radius 3 is 2.31 bits per heavy atom. The lowest BCUT2D eigenvalue weighted by Crippen LogP contribution is -2.06. The van der Waals surface area contributed by atoms with Crippen LogP contribution in [0.1, 0.15) is 13.8 Å². The second kappa shape index (κ2) is 4.28. The number of alkyl halides is 1. The molecule has 5 heteroatoms. The molecule has 72 valence electrons. The molecule has 0 aromatic heterocycles. The molecule has 1 aliphatic rings. The van der Waals surface area contributed by atoms with E-state index in [4.69, 9.17) is 4.74 Å². The number of carbonyl (C=O) groups excluding carboxylic acids is 1. The van der Waals surface area contributed by atoms with Gasteiger partial charge in [0.25, 0.3) is 0 Å². The summed E-state index contributed by atoms with van der Waals surface area (Å²) in [5.74, 6) is 0.261. The van der Waals surface area contributed by atoms with Crippen molar-refractivity contribution in [2.75, 3.05) is 0 Å².